The fourth-order valence-electron chi connectivity index (χ4n) is 1.47. The second-order valence-corrected chi connectivity index (χ2v) is 4.46. The fourth-order valence-corrected chi connectivity index (χ4v) is 2.48. The van der Waals surface area contributed by atoms with Gasteiger partial charge in [-0.25, -0.2) is 9.97 Å². The smallest absolute Gasteiger partial charge is 0.124 e. The van der Waals surface area contributed by atoms with Gasteiger partial charge in [-0.05, 0) is 18.2 Å². The van der Waals surface area contributed by atoms with Crippen LogP contribution in [-0.4, -0.2) is 15.0 Å². The number of thiol groups is 1. The number of fused-ring (bicyclic) bond motifs is 1. The molecule has 0 spiro atoms. The van der Waals surface area contributed by atoms with Gasteiger partial charge in [0.15, 0.2) is 0 Å². The Labute approximate surface area is 95.6 Å². The standard InChI is InChI=1S/C10H7N3S2/c14-9-4-15-10(13-9)6-1-2-7-8(3-6)12-5-11-7/h1-5,14H,(H,11,12). The third-order valence-electron chi connectivity index (χ3n) is 2.16. The second-order valence-electron chi connectivity index (χ2n) is 3.15. The van der Waals surface area contributed by atoms with Crippen molar-refractivity contribution in [2.45, 2.75) is 5.03 Å². The lowest BCUT2D eigenvalue weighted by Crippen LogP contribution is -1.76. The molecule has 1 aromatic carbocycles. The Morgan fingerprint density at radius 3 is 3.07 bits per heavy atom. The number of H-pyrrole nitrogens is 1. The summed E-state index contributed by atoms with van der Waals surface area (Å²) in [4.78, 5) is 11.6. The number of rotatable bonds is 1. The van der Waals surface area contributed by atoms with Crippen LogP contribution in [0.15, 0.2) is 34.9 Å². The van der Waals surface area contributed by atoms with Crippen LogP contribution in [0.5, 0.6) is 0 Å². The highest BCUT2D eigenvalue weighted by molar-refractivity contribution is 7.80. The van der Waals surface area contributed by atoms with Crippen molar-refractivity contribution >= 4 is 35.0 Å². The molecule has 15 heavy (non-hydrogen) atoms. The molecule has 0 saturated heterocycles. The Bertz CT molecular complexity index is 612. The van der Waals surface area contributed by atoms with Crippen molar-refractivity contribution in [2.75, 3.05) is 0 Å². The Morgan fingerprint density at radius 1 is 1.33 bits per heavy atom. The van der Waals surface area contributed by atoms with Crippen molar-refractivity contribution in [3.63, 3.8) is 0 Å². The number of benzene rings is 1. The van der Waals surface area contributed by atoms with Gasteiger partial charge in [0.25, 0.3) is 0 Å². The zero-order valence-electron chi connectivity index (χ0n) is 7.64. The van der Waals surface area contributed by atoms with Gasteiger partial charge in [-0.15, -0.1) is 24.0 Å². The van der Waals surface area contributed by atoms with Crippen molar-refractivity contribution < 1.29 is 0 Å². The molecule has 0 aliphatic heterocycles. The van der Waals surface area contributed by atoms with Gasteiger partial charge in [-0.1, -0.05) is 0 Å². The maximum absolute atomic E-state index is 4.32. The molecule has 0 bridgehead atoms. The summed E-state index contributed by atoms with van der Waals surface area (Å²) < 4.78 is 0. The predicted octanol–water partition coefficient (Wildman–Crippen LogP) is 2.98. The highest BCUT2D eigenvalue weighted by atomic mass is 32.1. The van der Waals surface area contributed by atoms with Gasteiger partial charge in [-0.2, -0.15) is 0 Å². The third-order valence-corrected chi connectivity index (χ3v) is 3.45. The summed E-state index contributed by atoms with van der Waals surface area (Å²) in [6, 6.07) is 6.06. The summed E-state index contributed by atoms with van der Waals surface area (Å²) in [5, 5.41) is 3.67. The molecule has 0 atom stereocenters. The number of aromatic amines is 1. The lowest BCUT2D eigenvalue weighted by Gasteiger charge is -1.95. The van der Waals surface area contributed by atoms with Crippen molar-refractivity contribution in [3.05, 3.63) is 29.9 Å². The van der Waals surface area contributed by atoms with Crippen molar-refractivity contribution in [3.8, 4) is 10.6 Å². The molecule has 0 aliphatic carbocycles. The van der Waals surface area contributed by atoms with Crippen LogP contribution in [0, 0.1) is 0 Å². The van der Waals surface area contributed by atoms with Crippen molar-refractivity contribution in [1.29, 1.82) is 0 Å². The molecule has 74 valence electrons. The highest BCUT2D eigenvalue weighted by Crippen LogP contribution is 2.26. The summed E-state index contributed by atoms with van der Waals surface area (Å²) in [6.07, 6.45) is 1.69. The van der Waals surface area contributed by atoms with Crippen LogP contribution >= 0.6 is 24.0 Å². The van der Waals surface area contributed by atoms with Gasteiger partial charge in [0.2, 0.25) is 0 Å². The number of nitrogens with zero attached hydrogens (tertiary/aromatic N) is 2. The molecule has 5 heteroatoms. The van der Waals surface area contributed by atoms with E-state index in [1.807, 2.05) is 23.6 Å². The first-order valence-corrected chi connectivity index (χ1v) is 5.73. The lowest BCUT2D eigenvalue weighted by molar-refractivity contribution is 1.22. The van der Waals surface area contributed by atoms with Crippen LogP contribution in [0.2, 0.25) is 0 Å². The molecule has 3 nitrogen and oxygen atoms in total. The maximum Gasteiger partial charge on any atom is 0.124 e. The second kappa shape index (κ2) is 3.36. The number of aromatic nitrogens is 3. The number of hydrogen-bond acceptors (Lipinski definition) is 4. The molecule has 0 aliphatic rings. The van der Waals surface area contributed by atoms with E-state index in [0.29, 0.717) is 0 Å². The number of imidazole rings is 1. The van der Waals surface area contributed by atoms with E-state index in [9.17, 15) is 0 Å². The van der Waals surface area contributed by atoms with E-state index in [4.69, 9.17) is 0 Å². The molecule has 2 heterocycles. The van der Waals surface area contributed by atoms with Gasteiger partial charge in [0, 0.05) is 10.9 Å². The molecule has 1 N–H and O–H groups in total. The fraction of sp³-hybridized carbons (Fsp3) is 0. The van der Waals surface area contributed by atoms with Crippen LogP contribution in [0.4, 0.5) is 0 Å². The molecular weight excluding hydrogens is 226 g/mol. The minimum absolute atomic E-state index is 0.764. The topological polar surface area (TPSA) is 41.6 Å². The summed E-state index contributed by atoms with van der Waals surface area (Å²) in [6.45, 7) is 0. The van der Waals surface area contributed by atoms with Crippen molar-refractivity contribution in [2.24, 2.45) is 0 Å². The molecule has 3 aromatic rings. The van der Waals surface area contributed by atoms with Gasteiger partial charge >= 0.3 is 0 Å². The molecule has 0 unspecified atom stereocenters. The first-order valence-electron chi connectivity index (χ1n) is 4.41. The van der Waals surface area contributed by atoms with Crippen LogP contribution < -0.4 is 0 Å². The van der Waals surface area contributed by atoms with Gasteiger partial charge in [0.1, 0.15) is 10.0 Å². The van der Waals surface area contributed by atoms with E-state index in [1.54, 1.807) is 17.7 Å². The molecular formula is C10H7N3S2. The van der Waals surface area contributed by atoms with Crippen LogP contribution in [0.25, 0.3) is 21.6 Å². The molecule has 2 aromatic heterocycles. The molecule has 0 radical (unpaired) electrons. The SMILES string of the molecule is Sc1csc(-c2ccc3nc[nH]c3c2)n1. The summed E-state index contributed by atoms with van der Waals surface area (Å²) in [5.41, 5.74) is 3.10. The predicted molar refractivity (Wildman–Crippen MR) is 64.5 cm³/mol. The largest absolute Gasteiger partial charge is 0.345 e. The van der Waals surface area contributed by atoms with Crippen molar-refractivity contribution in [1.82, 2.24) is 15.0 Å². The van der Waals surface area contributed by atoms with E-state index in [0.717, 1.165) is 26.6 Å². The minimum atomic E-state index is 0.764. The van der Waals surface area contributed by atoms with Crippen LogP contribution in [0.1, 0.15) is 0 Å². The number of hydrogen-bond donors (Lipinski definition) is 2. The normalized spacial score (nSPS) is 11.0. The molecule has 0 fully saturated rings. The van der Waals surface area contributed by atoms with E-state index >= 15 is 0 Å². The highest BCUT2D eigenvalue weighted by Gasteiger charge is 2.04. The number of thiazole rings is 1. The molecule has 0 amide bonds. The number of nitrogens with one attached hydrogen (secondary N) is 1. The Balaban J connectivity index is 2.18. The zero-order valence-corrected chi connectivity index (χ0v) is 9.35. The molecule has 3 rings (SSSR count). The van der Waals surface area contributed by atoms with Gasteiger partial charge in [0.05, 0.1) is 17.4 Å². The quantitative estimate of drug-likeness (QED) is 0.634. The van der Waals surface area contributed by atoms with Crippen LogP contribution in [0.3, 0.4) is 0 Å². The average Bonchev–Trinajstić information content (AvgIpc) is 2.84. The van der Waals surface area contributed by atoms with Gasteiger partial charge in [-0.3, -0.25) is 0 Å². The third kappa shape index (κ3) is 1.53. The molecule has 0 saturated carbocycles. The first-order chi connectivity index (χ1) is 7.33. The lowest BCUT2D eigenvalue weighted by atomic mass is 10.2. The van der Waals surface area contributed by atoms with E-state index in [-0.39, 0.29) is 0 Å². The zero-order chi connectivity index (χ0) is 10.3. The maximum atomic E-state index is 4.32. The first kappa shape index (κ1) is 8.94. The Morgan fingerprint density at radius 2 is 2.27 bits per heavy atom. The van der Waals surface area contributed by atoms with E-state index in [2.05, 4.69) is 27.6 Å². The van der Waals surface area contributed by atoms with E-state index in [1.165, 1.54) is 0 Å². The summed E-state index contributed by atoms with van der Waals surface area (Å²) >= 11 is 5.79. The average molecular weight is 233 g/mol. The Kier molecular flexibility index (Phi) is 2.00. The monoisotopic (exact) mass is 233 g/mol. The summed E-state index contributed by atoms with van der Waals surface area (Å²) in [5.74, 6) is 0. The van der Waals surface area contributed by atoms with E-state index < -0.39 is 0 Å². The van der Waals surface area contributed by atoms with Crippen LogP contribution in [-0.2, 0) is 0 Å². The minimum Gasteiger partial charge on any atom is -0.345 e. The van der Waals surface area contributed by atoms with Gasteiger partial charge < -0.3 is 4.98 Å². The summed E-state index contributed by atoms with van der Waals surface area (Å²) in [7, 11) is 0. The Hall–Kier alpha value is -1.33.